The lowest BCUT2D eigenvalue weighted by Gasteiger charge is -2.13. The SMILES string of the molecule is Cn1cnn(C[NH+](C)Cc2ccccc2)c1=S. The zero-order chi connectivity index (χ0) is 12.3. The molecule has 0 amide bonds. The Bertz CT molecular complexity index is 529. The summed E-state index contributed by atoms with van der Waals surface area (Å²) in [5.74, 6) is 0. The molecule has 2 aromatic rings. The fourth-order valence-corrected chi connectivity index (χ4v) is 1.94. The van der Waals surface area contributed by atoms with Crippen molar-refractivity contribution >= 4 is 12.2 Å². The van der Waals surface area contributed by atoms with Gasteiger partial charge in [-0.2, -0.15) is 9.78 Å². The lowest BCUT2D eigenvalue weighted by Crippen LogP contribution is -3.07. The minimum Gasteiger partial charge on any atom is -0.315 e. The first-order valence-corrected chi connectivity index (χ1v) is 6.01. The van der Waals surface area contributed by atoms with Crippen molar-refractivity contribution in [2.45, 2.75) is 13.2 Å². The van der Waals surface area contributed by atoms with E-state index < -0.39 is 0 Å². The molecule has 0 aliphatic heterocycles. The number of benzene rings is 1. The van der Waals surface area contributed by atoms with E-state index in [1.54, 1.807) is 6.33 Å². The average molecular weight is 249 g/mol. The van der Waals surface area contributed by atoms with E-state index in [0.29, 0.717) is 0 Å². The van der Waals surface area contributed by atoms with Crippen LogP contribution in [0.3, 0.4) is 0 Å². The normalized spacial score (nSPS) is 12.6. The number of rotatable bonds is 4. The highest BCUT2D eigenvalue weighted by Gasteiger charge is 2.06. The van der Waals surface area contributed by atoms with Gasteiger partial charge in [-0.05, 0) is 12.2 Å². The van der Waals surface area contributed by atoms with Crippen LogP contribution in [-0.2, 0) is 20.3 Å². The Hall–Kier alpha value is -1.46. The number of aromatic nitrogens is 3. The molecule has 5 heteroatoms. The summed E-state index contributed by atoms with van der Waals surface area (Å²) in [4.78, 5) is 1.35. The third kappa shape index (κ3) is 3.01. The Morgan fingerprint density at radius 2 is 2.00 bits per heavy atom. The van der Waals surface area contributed by atoms with Crippen LogP contribution in [0.4, 0.5) is 0 Å². The van der Waals surface area contributed by atoms with Gasteiger partial charge in [-0.1, -0.05) is 30.3 Å². The van der Waals surface area contributed by atoms with Gasteiger partial charge in [0.15, 0.2) is 6.67 Å². The van der Waals surface area contributed by atoms with E-state index in [2.05, 4.69) is 36.4 Å². The molecule has 0 aliphatic carbocycles. The predicted molar refractivity (Wildman–Crippen MR) is 69.1 cm³/mol. The first kappa shape index (κ1) is 12.0. The zero-order valence-electron chi connectivity index (χ0n) is 10.1. The van der Waals surface area contributed by atoms with Crippen LogP contribution in [0.25, 0.3) is 0 Å². The van der Waals surface area contributed by atoms with E-state index >= 15 is 0 Å². The van der Waals surface area contributed by atoms with Crippen LogP contribution in [0.1, 0.15) is 5.56 Å². The number of quaternary nitrogens is 1. The molecular formula is C12H17N4S+. The van der Waals surface area contributed by atoms with E-state index in [1.807, 2.05) is 22.4 Å². The Morgan fingerprint density at radius 1 is 1.29 bits per heavy atom. The topological polar surface area (TPSA) is 27.2 Å². The van der Waals surface area contributed by atoms with Crippen LogP contribution < -0.4 is 4.90 Å². The second kappa shape index (κ2) is 5.25. The molecule has 1 N–H and O–H groups in total. The van der Waals surface area contributed by atoms with Crippen molar-refractivity contribution in [3.63, 3.8) is 0 Å². The summed E-state index contributed by atoms with van der Waals surface area (Å²) >= 11 is 5.26. The van der Waals surface area contributed by atoms with Crippen LogP contribution in [-0.4, -0.2) is 21.4 Å². The van der Waals surface area contributed by atoms with Crippen LogP contribution in [0, 0.1) is 4.77 Å². The molecule has 2 rings (SSSR count). The monoisotopic (exact) mass is 249 g/mol. The van der Waals surface area contributed by atoms with Gasteiger partial charge >= 0.3 is 0 Å². The van der Waals surface area contributed by atoms with Gasteiger partial charge in [-0.15, -0.1) is 0 Å². The van der Waals surface area contributed by atoms with Crippen LogP contribution in [0.5, 0.6) is 0 Å². The smallest absolute Gasteiger partial charge is 0.202 e. The molecule has 17 heavy (non-hydrogen) atoms. The standard InChI is InChI=1S/C12H16N4S/c1-14(8-11-6-4-3-5-7-11)10-16-12(17)15(2)9-13-16/h3-7,9H,8,10H2,1-2H3/p+1. The molecule has 1 aromatic heterocycles. The lowest BCUT2D eigenvalue weighted by atomic mass is 10.2. The number of hydrogen-bond donors (Lipinski definition) is 1. The van der Waals surface area contributed by atoms with Crippen LogP contribution in [0.2, 0.25) is 0 Å². The van der Waals surface area contributed by atoms with Crippen molar-refractivity contribution in [1.29, 1.82) is 0 Å². The fourth-order valence-electron chi connectivity index (χ4n) is 1.79. The van der Waals surface area contributed by atoms with Gasteiger partial charge in [0.2, 0.25) is 4.77 Å². The molecule has 0 saturated carbocycles. The van der Waals surface area contributed by atoms with Gasteiger partial charge in [0.1, 0.15) is 12.9 Å². The summed E-state index contributed by atoms with van der Waals surface area (Å²) in [5, 5.41) is 4.25. The molecule has 1 unspecified atom stereocenters. The maximum Gasteiger partial charge on any atom is 0.202 e. The fraction of sp³-hybridized carbons (Fsp3) is 0.333. The highest BCUT2D eigenvalue weighted by molar-refractivity contribution is 7.71. The van der Waals surface area contributed by atoms with Gasteiger partial charge in [-0.25, -0.2) is 0 Å². The number of nitrogens with one attached hydrogen (secondary N) is 1. The van der Waals surface area contributed by atoms with Gasteiger partial charge in [0.25, 0.3) is 0 Å². The average Bonchev–Trinajstić information content (AvgIpc) is 2.62. The van der Waals surface area contributed by atoms with E-state index in [4.69, 9.17) is 12.2 Å². The Kier molecular flexibility index (Phi) is 3.71. The van der Waals surface area contributed by atoms with Gasteiger partial charge in [0, 0.05) is 12.6 Å². The molecule has 4 nitrogen and oxygen atoms in total. The van der Waals surface area contributed by atoms with E-state index in [9.17, 15) is 0 Å². The van der Waals surface area contributed by atoms with Gasteiger partial charge in [-0.3, -0.25) is 0 Å². The van der Waals surface area contributed by atoms with Crippen molar-refractivity contribution in [3.05, 3.63) is 47.0 Å². The summed E-state index contributed by atoms with van der Waals surface area (Å²) in [7, 11) is 4.06. The maximum atomic E-state index is 5.26. The van der Waals surface area contributed by atoms with Crippen molar-refractivity contribution in [1.82, 2.24) is 14.3 Å². The van der Waals surface area contributed by atoms with Crippen LogP contribution >= 0.6 is 12.2 Å². The van der Waals surface area contributed by atoms with Gasteiger partial charge < -0.3 is 9.47 Å². The largest absolute Gasteiger partial charge is 0.315 e. The molecule has 1 heterocycles. The molecule has 0 fully saturated rings. The molecular weight excluding hydrogens is 232 g/mol. The molecule has 90 valence electrons. The predicted octanol–water partition coefficient (Wildman–Crippen LogP) is 0.623. The van der Waals surface area contributed by atoms with Crippen molar-refractivity contribution in [2.24, 2.45) is 7.05 Å². The molecule has 0 saturated heterocycles. The summed E-state index contributed by atoms with van der Waals surface area (Å²) in [6.45, 7) is 1.76. The lowest BCUT2D eigenvalue weighted by molar-refractivity contribution is -0.917. The number of hydrogen-bond acceptors (Lipinski definition) is 2. The van der Waals surface area contributed by atoms with E-state index in [0.717, 1.165) is 18.0 Å². The summed E-state index contributed by atoms with van der Waals surface area (Å²) in [6.07, 6.45) is 1.75. The van der Waals surface area contributed by atoms with Crippen LogP contribution in [0.15, 0.2) is 36.7 Å². The zero-order valence-corrected chi connectivity index (χ0v) is 10.9. The number of aryl methyl sites for hydroxylation is 1. The second-order valence-electron chi connectivity index (χ2n) is 4.30. The maximum absolute atomic E-state index is 5.26. The third-order valence-electron chi connectivity index (χ3n) is 2.66. The molecule has 1 aromatic carbocycles. The molecule has 0 spiro atoms. The minimum atomic E-state index is 0.761. The van der Waals surface area contributed by atoms with E-state index in [1.165, 1.54) is 10.5 Å². The summed E-state index contributed by atoms with van der Waals surface area (Å²) < 4.78 is 4.47. The molecule has 1 atom stereocenters. The van der Waals surface area contributed by atoms with E-state index in [-0.39, 0.29) is 0 Å². The Morgan fingerprint density at radius 3 is 2.59 bits per heavy atom. The Labute approximate surface area is 106 Å². The third-order valence-corrected chi connectivity index (χ3v) is 3.15. The first-order valence-electron chi connectivity index (χ1n) is 5.60. The molecule has 0 radical (unpaired) electrons. The van der Waals surface area contributed by atoms with Gasteiger partial charge in [0.05, 0.1) is 7.05 Å². The highest BCUT2D eigenvalue weighted by atomic mass is 32.1. The first-order chi connectivity index (χ1) is 8.16. The van der Waals surface area contributed by atoms with Crippen molar-refractivity contribution < 1.29 is 4.90 Å². The molecule has 0 bridgehead atoms. The number of nitrogens with zero attached hydrogens (tertiary/aromatic N) is 3. The summed E-state index contributed by atoms with van der Waals surface area (Å²) in [6, 6.07) is 10.4. The Balaban J connectivity index is 2.01. The highest BCUT2D eigenvalue weighted by Crippen LogP contribution is 1.95. The van der Waals surface area contributed by atoms with Crippen molar-refractivity contribution in [3.8, 4) is 0 Å². The molecule has 0 aliphatic rings. The summed E-state index contributed by atoms with van der Waals surface area (Å²) in [5.41, 5.74) is 1.33. The second-order valence-corrected chi connectivity index (χ2v) is 4.67. The quantitative estimate of drug-likeness (QED) is 0.805. The minimum absolute atomic E-state index is 0.761. The van der Waals surface area contributed by atoms with Crippen molar-refractivity contribution in [2.75, 3.05) is 7.05 Å².